The number of nitrogens with zero attached hydrogens (tertiary/aromatic N) is 1. The van der Waals surface area contributed by atoms with Gasteiger partial charge in [-0.25, -0.2) is 5.48 Å². The third-order valence-corrected chi connectivity index (χ3v) is 4.63. The van der Waals surface area contributed by atoms with Gasteiger partial charge in [-0.2, -0.15) is 0 Å². The van der Waals surface area contributed by atoms with Crippen LogP contribution >= 0.6 is 0 Å². The quantitative estimate of drug-likeness (QED) is 0.306. The van der Waals surface area contributed by atoms with E-state index in [4.69, 9.17) is 9.94 Å². The molecule has 7 heteroatoms. The van der Waals surface area contributed by atoms with Crippen LogP contribution < -0.4 is 5.48 Å². The van der Waals surface area contributed by atoms with Gasteiger partial charge in [-0.15, -0.1) is 0 Å². The largest absolute Gasteiger partial charge is 0.380 e. The van der Waals surface area contributed by atoms with E-state index in [-0.39, 0.29) is 31.4 Å². The van der Waals surface area contributed by atoms with Crippen LogP contribution in [0.4, 0.5) is 0 Å². The summed E-state index contributed by atoms with van der Waals surface area (Å²) in [5, 5.41) is 10.0. The van der Waals surface area contributed by atoms with E-state index in [1.54, 1.807) is 17.6 Å². The summed E-state index contributed by atoms with van der Waals surface area (Å²) in [6, 6.07) is 10.9. The van der Waals surface area contributed by atoms with Gasteiger partial charge in [-0.3, -0.25) is 24.5 Å². The molecule has 2 aromatic carbocycles. The number of hydroxylamine groups is 1. The summed E-state index contributed by atoms with van der Waals surface area (Å²) in [4.78, 5) is 37.5. The minimum Gasteiger partial charge on any atom is -0.380 e. The molecule has 0 aromatic heterocycles. The molecule has 0 saturated heterocycles. The number of hydrogen-bond acceptors (Lipinski definition) is 5. The Kier molecular flexibility index (Phi) is 6.16. The molecule has 2 aromatic rings. The molecule has 0 atom stereocenters. The van der Waals surface area contributed by atoms with Gasteiger partial charge in [0, 0.05) is 29.5 Å². The number of hydrogen-bond donors (Lipinski definition) is 2. The van der Waals surface area contributed by atoms with Crippen molar-refractivity contribution in [3.63, 3.8) is 0 Å². The van der Waals surface area contributed by atoms with Crippen molar-refractivity contribution in [3.05, 3.63) is 47.5 Å². The number of amides is 3. The fourth-order valence-corrected chi connectivity index (χ4v) is 3.26. The summed E-state index contributed by atoms with van der Waals surface area (Å²) in [6.07, 6.45) is 2.50. The van der Waals surface area contributed by atoms with E-state index >= 15 is 0 Å². The Labute approximate surface area is 156 Å². The van der Waals surface area contributed by atoms with Crippen molar-refractivity contribution in [1.82, 2.24) is 10.4 Å². The molecule has 1 heterocycles. The van der Waals surface area contributed by atoms with Crippen molar-refractivity contribution >= 4 is 28.5 Å². The first-order chi connectivity index (χ1) is 13.1. The molecule has 3 amide bonds. The molecule has 0 saturated carbocycles. The van der Waals surface area contributed by atoms with Gasteiger partial charge in [-0.05, 0) is 30.4 Å². The van der Waals surface area contributed by atoms with Crippen molar-refractivity contribution in [1.29, 1.82) is 0 Å². The van der Waals surface area contributed by atoms with Crippen LogP contribution in [-0.4, -0.2) is 47.6 Å². The van der Waals surface area contributed by atoms with Gasteiger partial charge in [0.15, 0.2) is 0 Å². The van der Waals surface area contributed by atoms with E-state index in [0.29, 0.717) is 24.2 Å². The zero-order valence-corrected chi connectivity index (χ0v) is 14.9. The second-order valence-electron chi connectivity index (χ2n) is 6.43. The number of benzene rings is 2. The predicted molar refractivity (Wildman–Crippen MR) is 98.5 cm³/mol. The third kappa shape index (κ3) is 4.15. The Hall–Kier alpha value is -2.77. The second kappa shape index (κ2) is 8.75. The Morgan fingerprint density at radius 3 is 2.26 bits per heavy atom. The van der Waals surface area contributed by atoms with Crippen LogP contribution in [0, 0.1) is 0 Å². The highest BCUT2D eigenvalue weighted by Crippen LogP contribution is 2.29. The highest BCUT2D eigenvalue weighted by Gasteiger charge is 2.32. The maximum absolute atomic E-state index is 12.7. The average molecular weight is 370 g/mol. The van der Waals surface area contributed by atoms with E-state index in [9.17, 15) is 14.4 Å². The van der Waals surface area contributed by atoms with Crippen molar-refractivity contribution < 1.29 is 24.3 Å². The Balaban J connectivity index is 1.50. The first-order valence-corrected chi connectivity index (χ1v) is 9.02. The smallest absolute Gasteiger partial charge is 0.261 e. The number of carbonyl (C=O) groups excluding carboxylic acids is 3. The van der Waals surface area contributed by atoms with E-state index in [2.05, 4.69) is 0 Å². The van der Waals surface area contributed by atoms with Gasteiger partial charge in [-0.1, -0.05) is 30.7 Å². The van der Waals surface area contributed by atoms with Crippen LogP contribution in [-0.2, 0) is 9.53 Å². The zero-order chi connectivity index (χ0) is 19.2. The molecular weight excluding hydrogens is 348 g/mol. The maximum Gasteiger partial charge on any atom is 0.261 e. The summed E-state index contributed by atoms with van der Waals surface area (Å²) < 4.78 is 5.53. The summed E-state index contributed by atoms with van der Waals surface area (Å²) in [5.74, 6) is -0.973. The van der Waals surface area contributed by atoms with Crippen LogP contribution in [0.2, 0.25) is 0 Å². The first-order valence-electron chi connectivity index (χ1n) is 9.02. The highest BCUT2D eigenvalue weighted by molar-refractivity contribution is 6.25. The van der Waals surface area contributed by atoms with Crippen LogP contribution in [0.3, 0.4) is 0 Å². The lowest BCUT2D eigenvalue weighted by atomic mass is 9.94. The van der Waals surface area contributed by atoms with Crippen LogP contribution in [0.1, 0.15) is 46.4 Å². The van der Waals surface area contributed by atoms with Crippen molar-refractivity contribution in [3.8, 4) is 0 Å². The molecule has 1 aliphatic heterocycles. The van der Waals surface area contributed by atoms with Crippen molar-refractivity contribution in [2.75, 3.05) is 19.8 Å². The molecule has 1 aliphatic rings. The van der Waals surface area contributed by atoms with Crippen molar-refractivity contribution in [2.45, 2.75) is 25.7 Å². The topological polar surface area (TPSA) is 95.9 Å². The molecule has 142 valence electrons. The minimum atomic E-state index is -0.395. The molecule has 3 rings (SSSR count). The number of imide groups is 1. The Morgan fingerprint density at radius 2 is 1.63 bits per heavy atom. The molecule has 2 N–H and O–H groups in total. The second-order valence-corrected chi connectivity index (χ2v) is 6.43. The SMILES string of the molecule is O=C(CCCCCOCCN1C(=O)c2cccc3cccc(c23)C1=O)NO. The first kappa shape index (κ1) is 19.0. The molecule has 0 unspecified atom stereocenters. The highest BCUT2D eigenvalue weighted by atomic mass is 16.5. The zero-order valence-electron chi connectivity index (χ0n) is 14.9. The summed E-state index contributed by atoms with van der Waals surface area (Å²) in [7, 11) is 0. The summed E-state index contributed by atoms with van der Waals surface area (Å²) >= 11 is 0. The number of carbonyl (C=O) groups is 3. The van der Waals surface area contributed by atoms with Gasteiger partial charge in [0.05, 0.1) is 13.2 Å². The predicted octanol–water partition coefficient (Wildman–Crippen LogP) is 2.52. The van der Waals surface area contributed by atoms with Gasteiger partial charge in [0.25, 0.3) is 11.8 Å². The lowest BCUT2D eigenvalue weighted by Gasteiger charge is -2.27. The lowest BCUT2D eigenvalue weighted by molar-refractivity contribution is -0.129. The van der Waals surface area contributed by atoms with Gasteiger partial charge < -0.3 is 4.74 Å². The molecule has 0 radical (unpaired) electrons. The molecule has 0 aliphatic carbocycles. The average Bonchev–Trinajstić information content (AvgIpc) is 2.69. The normalized spacial score (nSPS) is 13.3. The maximum atomic E-state index is 12.7. The Bertz CT molecular complexity index is 814. The van der Waals surface area contributed by atoms with E-state index in [0.717, 1.165) is 23.6 Å². The number of unbranched alkanes of at least 4 members (excludes halogenated alkanes) is 2. The van der Waals surface area contributed by atoms with E-state index < -0.39 is 5.91 Å². The van der Waals surface area contributed by atoms with E-state index in [1.807, 2.05) is 24.3 Å². The molecule has 0 fully saturated rings. The van der Waals surface area contributed by atoms with Crippen molar-refractivity contribution in [2.24, 2.45) is 0 Å². The summed E-state index contributed by atoms with van der Waals surface area (Å²) in [6.45, 7) is 0.963. The molecular formula is C20H22N2O5. The standard InChI is InChI=1S/C20H22N2O5/c23-17(21-26)10-2-1-3-12-27-13-11-22-19(24)15-8-4-6-14-7-5-9-16(18(14)15)20(22)25/h4-9,26H,1-3,10-13H2,(H,21,23). The van der Waals surface area contributed by atoms with Gasteiger partial charge in [0.2, 0.25) is 5.91 Å². The van der Waals surface area contributed by atoms with E-state index in [1.165, 1.54) is 4.90 Å². The third-order valence-electron chi connectivity index (χ3n) is 4.63. The minimum absolute atomic E-state index is 0.204. The fourth-order valence-electron chi connectivity index (χ4n) is 3.26. The summed E-state index contributed by atoms with van der Waals surface area (Å²) in [5.41, 5.74) is 2.69. The Morgan fingerprint density at radius 1 is 0.963 bits per heavy atom. The van der Waals surface area contributed by atoms with Crippen LogP contribution in [0.25, 0.3) is 10.8 Å². The molecule has 0 bridgehead atoms. The van der Waals surface area contributed by atoms with Gasteiger partial charge in [0.1, 0.15) is 0 Å². The monoisotopic (exact) mass is 370 g/mol. The fraction of sp³-hybridized carbons (Fsp3) is 0.350. The number of rotatable bonds is 9. The van der Waals surface area contributed by atoms with Crippen LogP contribution in [0.15, 0.2) is 36.4 Å². The molecule has 27 heavy (non-hydrogen) atoms. The van der Waals surface area contributed by atoms with Gasteiger partial charge >= 0.3 is 0 Å². The number of ether oxygens (including phenoxy) is 1. The number of nitrogens with one attached hydrogen (secondary N) is 1. The molecule has 0 spiro atoms. The lowest BCUT2D eigenvalue weighted by Crippen LogP contribution is -2.42. The van der Waals surface area contributed by atoms with Crippen LogP contribution in [0.5, 0.6) is 0 Å². The molecule has 7 nitrogen and oxygen atoms in total.